The molecular formula is C23H31N3O2. The third kappa shape index (κ3) is 5.12. The molecule has 0 bridgehead atoms. The summed E-state index contributed by atoms with van der Waals surface area (Å²) in [6, 6.07) is 15.7. The van der Waals surface area contributed by atoms with E-state index < -0.39 is 0 Å². The Hall–Kier alpha value is -2.82. The highest BCUT2D eigenvalue weighted by Crippen LogP contribution is 2.26. The van der Waals surface area contributed by atoms with Crippen LogP contribution in [0.25, 0.3) is 0 Å². The first-order valence-corrected chi connectivity index (χ1v) is 9.84. The summed E-state index contributed by atoms with van der Waals surface area (Å²) in [5, 5.41) is 0. The van der Waals surface area contributed by atoms with Crippen LogP contribution in [0.4, 0.5) is 17.1 Å². The Morgan fingerprint density at radius 3 is 2.11 bits per heavy atom. The van der Waals surface area contributed by atoms with Crippen molar-refractivity contribution in [2.24, 2.45) is 0 Å². The molecule has 0 heterocycles. The van der Waals surface area contributed by atoms with Crippen LogP contribution in [0.5, 0.6) is 0 Å². The smallest absolute Gasteiger partial charge is 0.228 e. The summed E-state index contributed by atoms with van der Waals surface area (Å²) in [7, 11) is 1.76. The lowest BCUT2D eigenvalue weighted by atomic mass is 10.1. The number of hydrogen-bond acceptors (Lipinski definition) is 3. The molecule has 0 N–H and O–H groups in total. The van der Waals surface area contributed by atoms with E-state index in [1.165, 1.54) is 0 Å². The maximum atomic E-state index is 12.6. The molecule has 5 nitrogen and oxygen atoms in total. The number of para-hydroxylation sites is 1. The predicted molar refractivity (Wildman–Crippen MR) is 117 cm³/mol. The molecular weight excluding hydrogens is 350 g/mol. The Labute approximate surface area is 168 Å². The first-order chi connectivity index (χ1) is 13.4. The van der Waals surface area contributed by atoms with Gasteiger partial charge in [0.25, 0.3) is 0 Å². The number of aryl methyl sites for hydroxylation is 1. The number of amides is 2. The molecule has 2 aromatic carbocycles. The van der Waals surface area contributed by atoms with Gasteiger partial charge in [0.2, 0.25) is 11.8 Å². The molecule has 0 spiro atoms. The van der Waals surface area contributed by atoms with Crippen molar-refractivity contribution < 1.29 is 9.59 Å². The number of benzene rings is 2. The van der Waals surface area contributed by atoms with Gasteiger partial charge in [-0.15, -0.1) is 0 Å². The highest BCUT2D eigenvalue weighted by molar-refractivity contribution is 5.96. The number of carbonyl (C=O) groups excluding carboxylic acids is 2. The molecule has 2 rings (SSSR count). The van der Waals surface area contributed by atoms with Crippen LogP contribution in [0.1, 0.15) is 32.8 Å². The van der Waals surface area contributed by atoms with Gasteiger partial charge in [-0.25, -0.2) is 0 Å². The average Bonchev–Trinajstić information content (AvgIpc) is 2.70. The Morgan fingerprint density at radius 1 is 0.929 bits per heavy atom. The zero-order valence-corrected chi connectivity index (χ0v) is 17.6. The fourth-order valence-electron chi connectivity index (χ4n) is 3.35. The normalized spacial score (nSPS) is 10.5. The molecule has 0 aliphatic carbocycles. The largest absolute Gasteiger partial charge is 0.372 e. The van der Waals surface area contributed by atoms with Gasteiger partial charge in [-0.3, -0.25) is 9.59 Å². The van der Waals surface area contributed by atoms with Gasteiger partial charge < -0.3 is 14.7 Å². The molecule has 0 saturated carbocycles. The van der Waals surface area contributed by atoms with Crippen LogP contribution >= 0.6 is 0 Å². The maximum absolute atomic E-state index is 12.6. The summed E-state index contributed by atoms with van der Waals surface area (Å²) in [6.45, 7) is 10.0. The molecule has 0 atom stereocenters. The number of anilines is 3. The molecule has 0 radical (unpaired) electrons. The van der Waals surface area contributed by atoms with Crippen molar-refractivity contribution in [2.45, 2.75) is 34.1 Å². The molecule has 0 aliphatic heterocycles. The van der Waals surface area contributed by atoms with E-state index in [0.717, 1.165) is 35.7 Å². The first kappa shape index (κ1) is 21.5. The molecule has 0 aromatic heterocycles. The van der Waals surface area contributed by atoms with E-state index in [1.54, 1.807) is 23.8 Å². The molecule has 150 valence electrons. The van der Waals surface area contributed by atoms with Crippen LogP contribution in [-0.2, 0) is 9.59 Å². The molecule has 0 unspecified atom stereocenters. The lowest BCUT2D eigenvalue weighted by Gasteiger charge is -2.27. The molecule has 28 heavy (non-hydrogen) atoms. The van der Waals surface area contributed by atoms with Crippen molar-refractivity contribution in [1.29, 1.82) is 0 Å². The average molecular weight is 382 g/mol. The first-order valence-electron chi connectivity index (χ1n) is 9.84. The van der Waals surface area contributed by atoms with Crippen LogP contribution in [0.2, 0.25) is 0 Å². The van der Waals surface area contributed by atoms with Gasteiger partial charge in [0.1, 0.15) is 0 Å². The van der Waals surface area contributed by atoms with Gasteiger partial charge in [-0.05, 0) is 56.7 Å². The maximum Gasteiger partial charge on any atom is 0.228 e. The molecule has 0 aliphatic rings. The number of hydrogen-bond donors (Lipinski definition) is 0. The molecule has 2 aromatic rings. The summed E-state index contributed by atoms with van der Waals surface area (Å²) in [4.78, 5) is 30.5. The molecule has 5 heteroatoms. The molecule has 0 saturated heterocycles. The van der Waals surface area contributed by atoms with Crippen molar-refractivity contribution in [1.82, 2.24) is 0 Å². The summed E-state index contributed by atoms with van der Waals surface area (Å²) in [5.74, 6) is -0.0799. The second-order valence-corrected chi connectivity index (χ2v) is 6.85. The standard InChI is InChI=1S/C23H31N3O2/c1-6-25(7-2)21-13-14-22(18(3)17-21)26(19(4)27)16-15-23(28)24(5)20-11-9-8-10-12-20/h8-14,17H,6-7,15-16H2,1-5H3. The zero-order chi connectivity index (χ0) is 20.7. The van der Waals surface area contributed by atoms with E-state index in [2.05, 4.69) is 24.8 Å². The van der Waals surface area contributed by atoms with E-state index in [-0.39, 0.29) is 18.2 Å². The quantitative estimate of drug-likeness (QED) is 0.687. The van der Waals surface area contributed by atoms with E-state index in [4.69, 9.17) is 0 Å². The number of nitrogens with zero attached hydrogens (tertiary/aromatic N) is 3. The van der Waals surface area contributed by atoms with Crippen molar-refractivity contribution in [2.75, 3.05) is 41.4 Å². The summed E-state index contributed by atoms with van der Waals surface area (Å²) >= 11 is 0. The lowest BCUT2D eigenvalue weighted by Crippen LogP contribution is -2.35. The van der Waals surface area contributed by atoms with Gasteiger partial charge in [-0.2, -0.15) is 0 Å². The van der Waals surface area contributed by atoms with Crippen molar-refractivity contribution >= 4 is 28.9 Å². The Morgan fingerprint density at radius 2 is 1.57 bits per heavy atom. The van der Waals surface area contributed by atoms with E-state index >= 15 is 0 Å². The number of carbonyl (C=O) groups is 2. The molecule has 2 amide bonds. The van der Waals surface area contributed by atoms with Crippen LogP contribution in [0, 0.1) is 6.92 Å². The van der Waals surface area contributed by atoms with Crippen LogP contribution in [-0.4, -0.2) is 38.5 Å². The van der Waals surface area contributed by atoms with Gasteiger partial charge in [0, 0.05) is 57.1 Å². The van der Waals surface area contributed by atoms with Crippen LogP contribution in [0.15, 0.2) is 48.5 Å². The highest BCUT2D eigenvalue weighted by atomic mass is 16.2. The third-order valence-corrected chi connectivity index (χ3v) is 5.05. The number of rotatable bonds is 8. The van der Waals surface area contributed by atoms with Gasteiger partial charge in [0.05, 0.1) is 0 Å². The Kier molecular flexibility index (Phi) is 7.61. The Bertz CT molecular complexity index is 801. The van der Waals surface area contributed by atoms with Crippen molar-refractivity contribution in [3.63, 3.8) is 0 Å². The lowest BCUT2D eigenvalue weighted by molar-refractivity contribution is -0.118. The monoisotopic (exact) mass is 381 g/mol. The van der Waals surface area contributed by atoms with Crippen molar-refractivity contribution in [3.05, 3.63) is 54.1 Å². The van der Waals surface area contributed by atoms with Crippen molar-refractivity contribution in [3.8, 4) is 0 Å². The SMILES string of the molecule is CCN(CC)c1ccc(N(CCC(=O)N(C)c2ccccc2)C(C)=O)c(C)c1. The van der Waals surface area contributed by atoms with E-state index in [9.17, 15) is 9.59 Å². The van der Waals surface area contributed by atoms with Crippen LogP contribution < -0.4 is 14.7 Å². The predicted octanol–water partition coefficient (Wildman–Crippen LogP) is 4.25. The topological polar surface area (TPSA) is 43.9 Å². The van der Waals surface area contributed by atoms with E-state index in [0.29, 0.717) is 6.54 Å². The summed E-state index contributed by atoms with van der Waals surface area (Å²) in [5.41, 5.74) is 3.89. The fraction of sp³-hybridized carbons (Fsp3) is 0.391. The fourth-order valence-corrected chi connectivity index (χ4v) is 3.35. The highest BCUT2D eigenvalue weighted by Gasteiger charge is 2.18. The van der Waals surface area contributed by atoms with Crippen LogP contribution in [0.3, 0.4) is 0 Å². The minimum atomic E-state index is -0.0612. The van der Waals surface area contributed by atoms with E-state index in [1.807, 2.05) is 49.4 Å². The summed E-state index contributed by atoms with van der Waals surface area (Å²) < 4.78 is 0. The van der Waals surface area contributed by atoms with Gasteiger partial charge >= 0.3 is 0 Å². The summed E-state index contributed by atoms with van der Waals surface area (Å²) in [6.07, 6.45) is 0.266. The Balaban J connectivity index is 2.13. The minimum absolute atomic E-state index is 0.0186. The van der Waals surface area contributed by atoms with Gasteiger partial charge in [-0.1, -0.05) is 18.2 Å². The third-order valence-electron chi connectivity index (χ3n) is 5.05. The minimum Gasteiger partial charge on any atom is -0.372 e. The van der Waals surface area contributed by atoms with Gasteiger partial charge in [0.15, 0.2) is 0 Å². The second kappa shape index (κ2) is 9.93. The second-order valence-electron chi connectivity index (χ2n) is 6.85. The molecule has 0 fully saturated rings. The zero-order valence-electron chi connectivity index (χ0n) is 17.6.